The van der Waals surface area contributed by atoms with E-state index in [0.29, 0.717) is 9.99 Å². The van der Waals surface area contributed by atoms with Crippen LogP contribution in [0.2, 0.25) is 0 Å². The van der Waals surface area contributed by atoms with Crippen LogP contribution in [0.5, 0.6) is 0 Å². The second-order valence-electron chi connectivity index (χ2n) is 5.07. The van der Waals surface area contributed by atoms with Crippen LogP contribution >= 0.6 is 22.6 Å². The number of alkyl halides is 1. The lowest BCUT2D eigenvalue weighted by molar-refractivity contribution is -0.293. The summed E-state index contributed by atoms with van der Waals surface area (Å²) in [4.78, 5) is 12.4. The zero-order valence-corrected chi connectivity index (χ0v) is 15.5. The first kappa shape index (κ1) is 18.6. The lowest BCUT2D eigenvalue weighted by Crippen LogP contribution is -2.61. The zero-order valence-electron chi connectivity index (χ0n) is 13.3. The van der Waals surface area contributed by atoms with Crippen molar-refractivity contribution in [1.82, 2.24) is 0 Å². The van der Waals surface area contributed by atoms with E-state index in [9.17, 15) is 4.79 Å². The Morgan fingerprint density at radius 2 is 1.70 bits per heavy atom. The van der Waals surface area contributed by atoms with Crippen LogP contribution < -0.4 is 0 Å². The number of hydrogen-bond acceptors (Lipinski definition) is 6. The maximum atomic E-state index is 12.4. The Morgan fingerprint density at radius 3 is 2.22 bits per heavy atom. The average molecular weight is 436 g/mol. The molecule has 23 heavy (non-hydrogen) atoms. The Morgan fingerprint density at radius 1 is 1.04 bits per heavy atom. The molecular formula is C16H21IO6. The third kappa shape index (κ3) is 4.21. The SMILES string of the molecule is CO[C@H]1O[C@H](CI)[C@@H](OC(=O)c2ccccc2)[C@H](OC)[C@H]1OC. The first-order valence-electron chi connectivity index (χ1n) is 7.22. The van der Waals surface area contributed by atoms with Gasteiger partial charge in [0.2, 0.25) is 0 Å². The molecule has 0 saturated carbocycles. The van der Waals surface area contributed by atoms with E-state index in [-0.39, 0.29) is 6.10 Å². The van der Waals surface area contributed by atoms with Crippen molar-refractivity contribution in [1.29, 1.82) is 0 Å². The molecule has 0 spiro atoms. The summed E-state index contributed by atoms with van der Waals surface area (Å²) in [5.41, 5.74) is 0.484. The van der Waals surface area contributed by atoms with Crippen LogP contribution in [-0.4, -0.2) is 62.4 Å². The van der Waals surface area contributed by atoms with Gasteiger partial charge in [-0.1, -0.05) is 40.8 Å². The van der Waals surface area contributed by atoms with E-state index < -0.39 is 30.6 Å². The fraction of sp³-hybridized carbons (Fsp3) is 0.562. The summed E-state index contributed by atoms with van der Waals surface area (Å²) in [6.45, 7) is 0. The van der Waals surface area contributed by atoms with Gasteiger partial charge in [-0.3, -0.25) is 0 Å². The van der Waals surface area contributed by atoms with Crippen LogP contribution in [-0.2, 0) is 23.7 Å². The number of carbonyl (C=O) groups excluding carboxylic acids is 1. The molecule has 0 bridgehead atoms. The monoisotopic (exact) mass is 436 g/mol. The van der Waals surface area contributed by atoms with Crippen molar-refractivity contribution in [2.75, 3.05) is 25.8 Å². The van der Waals surface area contributed by atoms with Gasteiger partial charge in [-0.05, 0) is 12.1 Å². The zero-order chi connectivity index (χ0) is 16.8. The van der Waals surface area contributed by atoms with Gasteiger partial charge in [0.05, 0.1) is 5.56 Å². The second kappa shape index (κ2) is 8.93. The fourth-order valence-corrected chi connectivity index (χ4v) is 3.33. The molecule has 6 nitrogen and oxygen atoms in total. The number of carbonyl (C=O) groups is 1. The number of hydrogen-bond donors (Lipinski definition) is 0. The molecule has 1 aliphatic rings. The highest BCUT2D eigenvalue weighted by molar-refractivity contribution is 14.1. The maximum absolute atomic E-state index is 12.4. The summed E-state index contributed by atoms with van der Waals surface area (Å²) in [6, 6.07) is 8.83. The molecular weight excluding hydrogens is 415 g/mol. The molecule has 0 N–H and O–H groups in total. The molecule has 0 aliphatic carbocycles. The number of halogens is 1. The molecule has 128 valence electrons. The maximum Gasteiger partial charge on any atom is 0.338 e. The number of esters is 1. The second-order valence-corrected chi connectivity index (χ2v) is 5.95. The van der Waals surface area contributed by atoms with Crippen LogP contribution in [0.4, 0.5) is 0 Å². The van der Waals surface area contributed by atoms with E-state index >= 15 is 0 Å². The molecule has 5 atom stereocenters. The van der Waals surface area contributed by atoms with Crippen molar-refractivity contribution >= 4 is 28.6 Å². The van der Waals surface area contributed by atoms with Crippen LogP contribution in [0.25, 0.3) is 0 Å². The Labute approximate surface area is 149 Å². The minimum Gasteiger partial charge on any atom is -0.453 e. The van der Waals surface area contributed by atoms with Crippen molar-refractivity contribution < 1.29 is 28.5 Å². The molecule has 1 saturated heterocycles. The van der Waals surface area contributed by atoms with Crippen molar-refractivity contribution in [2.24, 2.45) is 0 Å². The first-order chi connectivity index (χ1) is 11.2. The number of rotatable bonds is 6. The van der Waals surface area contributed by atoms with Gasteiger partial charge in [0.1, 0.15) is 18.3 Å². The van der Waals surface area contributed by atoms with Gasteiger partial charge in [-0.2, -0.15) is 0 Å². The van der Waals surface area contributed by atoms with Crippen molar-refractivity contribution in [2.45, 2.75) is 30.7 Å². The highest BCUT2D eigenvalue weighted by Gasteiger charge is 2.48. The van der Waals surface area contributed by atoms with Gasteiger partial charge in [-0.25, -0.2) is 4.79 Å². The Kier molecular flexibility index (Phi) is 7.22. The fourth-order valence-electron chi connectivity index (χ4n) is 2.62. The Hall–Kier alpha value is -0.740. The summed E-state index contributed by atoms with van der Waals surface area (Å²) < 4.78 is 28.5. The number of ether oxygens (including phenoxy) is 5. The Balaban J connectivity index is 2.20. The summed E-state index contributed by atoms with van der Waals surface area (Å²) in [7, 11) is 4.65. The van der Waals surface area contributed by atoms with Crippen LogP contribution in [0.1, 0.15) is 10.4 Å². The molecule has 1 heterocycles. The predicted octanol–water partition coefficient (Wildman–Crippen LogP) is 2.05. The quantitative estimate of drug-likeness (QED) is 0.387. The lowest BCUT2D eigenvalue weighted by Gasteiger charge is -2.43. The van der Waals surface area contributed by atoms with Crippen LogP contribution in [0.3, 0.4) is 0 Å². The molecule has 1 fully saturated rings. The predicted molar refractivity (Wildman–Crippen MR) is 91.8 cm³/mol. The highest BCUT2D eigenvalue weighted by atomic mass is 127. The van der Waals surface area contributed by atoms with Gasteiger partial charge in [0.25, 0.3) is 0 Å². The third-order valence-corrected chi connectivity index (χ3v) is 4.64. The molecule has 0 unspecified atom stereocenters. The topological polar surface area (TPSA) is 63.2 Å². The van der Waals surface area contributed by atoms with Crippen LogP contribution in [0.15, 0.2) is 30.3 Å². The standard InChI is InChI=1S/C16H21IO6/c1-19-13-12(23-15(18)10-7-5-4-6-8-10)11(9-17)22-16(21-3)14(13)20-2/h4-8,11-14,16H,9H2,1-3H3/t11-,12-,13+,14-,16+/m1/s1. The smallest absolute Gasteiger partial charge is 0.338 e. The minimum atomic E-state index is -0.582. The highest BCUT2D eigenvalue weighted by Crippen LogP contribution is 2.29. The molecule has 1 aromatic carbocycles. The Bertz CT molecular complexity index is 497. The van der Waals surface area contributed by atoms with Gasteiger partial charge >= 0.3 is 5.97 Å². The van der Waals surface area contributed by atoms with Crippen molar-refractivity contribution in [3.63, 3.8) is 0 Å². The minimum absolute atomic E-state index is 0.343. The number of methoxy groups -OCH3 is 3. The molecule has 0 amide bonds. The molecule has 0 radical (unpaired) electrons. The summed E-state index contributed by atoms with van der Waals surface area (Å²) in [5.74, 6) is -0.415. The van der Waals surface area contributed by atoms with E-state index in [1.165, 1.54) is 0 Å². The lowest BCUT2D eigenvalue weighted by atomic mass is 9.99. The van der Waals surface area contributed by atoms with E-state index in [1.807, 2.05) is 6.07 Å². The van der Waals surface area contributed by atoms with E-state index in [4.69, 9.17) is 23.7 Å². The molecule has 1 aromatic rings. The van der Waals surface area contributed by atoms with E-state index in [2.05, 4.69) is 22.6 Å². The molecule has 0 aromatic heterocycles. The van der Waals surface area contributed by atoms with Crippen molar-refractivity contribution in [3.8, 4) is 0 Å². The van der Waals surface area contributed by atoms with Crippen molar-refractivity contribution in [3.05, 3.63) is 35.9 Å². The van der Waals surface area contributed by atoms with E-state index in [0.717, 1.165) is 0 Å². The van der Waals surface area contributed by atoms with Crippen LogP contribution in [0, 0.1) is 0 Å². The van der Waals surface area contributed by atoms with E-state index in [1.54, 1.807) is 45.6 Å². The molecule has 7 heteroatoms. The first-order valence-corrected chi connectivity index (χ1v) is 8.74. The van der Waals surface area contributed by atoms with Gasteiger partial charge < -0.3 is 23.7 Å². The average Bonchev–Trinajstić information content (AvgIpc) is 2.61. The van der Waals surface area contributed by atoms with Gasteiger partial charge in [-0.15, -0.1) is 0 Å². The number of benzene rings is 1. The van der Waals surface area contributed by atoms with Gasteiger partial charge in [0, 0.05) is 25.8 Å². The molecule has 2 rings (SSSR count). The third-order valence-electron chi connectivity index (χ3n) is 3.77. The largest absolute Gasteiger partial charge is 0.453 e. The summed E-state index contributed by atoms with van der Waals surface area (Å²) in [5, 5.41) is 0. The summed E-state index contributed by atoms with van der Waals surface area (Å²) >= 11 is 2.19. The molecule has 1 aliphatic heterocycles. The van der Waals surface area contributed by atoms with Gasteiger partial charge in [0.15, 0.2) is 12.4 Å². The normalized spacial score (nSPS) is 30.9. The summed E-state index contributed by atoms with van der Waals surface area (Å²) in [6.07, 6.45) is -2.47.